The van der Waals surface area contributed by atoms with Crippen molar-refractivity contribution in [2.45, 2.75) is 72.0 Å². The summed E-state index contributed by atoms with van der Waals surface area (Å²) in [4.78, 5) is 15.3. The fraction of sp³-hybridized carbons (Fsp3) is 0.367. The highest BCUT2D eigenvalue weighted by Crippen LogP contribution is 2.34. The number of amides is 2. The Balaban J connectivity index is 2.00. The van der Waals surface area contributed by atoms with Gasteiger partial charge in [-0.15, -0.1) is 0 Å². The molecule has 0 saturated carbocycles. The third-order valence-electron chi connectivity index (χ3n) is 6.34. The number of carbonyl (C=O) groups excluding carboxylic acids is 1. The van der Waals surface area contributed by atoms with Crippen molar-refractivity contribution < 1.29 is 18.0 Å². The maximum absolute atomic E-state index is 13.7. The highest BCUT2D eigenvalue weighted by atomic mass is 19.4. The van der Waals surface area contributed by atoms with Gasteiger partial charge in [-0.3, -0.25) is 4.90 Å². The molecule has 0 aromatic heterocycles. The summed E-state index contributed by atoms with van der Waals surface area (Å²) in [5.74, 6) is 0.739. The summed E-state index contributed by atoms with van der Waals surface area (Å²) in [6.45, 7) is 12.7. The van der Waals surface area contributed by atoms with E-state index in [0.29, 0.717) is 17.2 Å². The van der Waals surface area contributed by atoms with E-state index in [1.165, 1.54) is 12.1 Å². The quantitative estimate of drug-likeness (QED) is 0.347. The molecule has 3 nitrogen and oxygen atoms in total. The summed E-state index contributed by atoms with van der Waals surface area (Å²) in [7, 11) is 0. The Hall–Kier alpha value is -3.28. The smallest absolute Gasteiger partial charge is 0.307 e. The van der Waals surface area contributed by atoms with Crippen LogP contribution < -0.4 is 10.2 Å². The minimum Gasteiger partial charge on any atom is -0.307 e. The fourth-order valence-electron chi connectivity index (χ4n) is 4.17. The van der Waals surface area contributed by atoms with Crippen LogP contribution in [0.5, 0.6) is 0 Å². The molecule has 0 heterocycles. The lowest BCUT2D eigenvalue weighted by Gasteiger charge is -2.27. The van der Waals surface area contributed by atoms with Gasteiger partial charge in [0, 0.05) is 11.4 Å². The predicted molar refractivity (Wildman–Crippen MR) is 142 cm³/mol. The number of benzene rings is 3. The van der Waals surface area contributed by atoms with Crippen LogP contribution in [0.2, 0.25) is 0 Å². The number of carbonyl (C=O) groups is 1. The molecule has 0 unspecified atom stereocenters. The van der Waals surface area contributed by atoms with Gasteiger partial charge in [-0.25, -0.2) is 4.79 Å². The molecule has 0 aliphatic carbocycles. The predicted octanol–water partition coefficient (Wildman–Crippen LogP) is 9.31. The Morgan fingerprint density at radius 1 is 0.778 bits per heavy atom. The molecule has 0 aliphatic rings. The Bertz CT molecular complexity index is 1140. The Morgan fingerprint density at radius 3 is 1.75 bits per heavy atom. The van der Waals surface area contributed by atoms with Crippen molar-refractivity contribution >= 4 is 17.4 Å². The standard InChI is InChI=1S/C30H35F3N2O/c1-19(2)23-12-16-25(17-13-23)35(18-22-10-14-24(15-11-22)30(31,32)33)29(36)34-28-26(20(3)4)8-7-9-27(28)21(5)6/h7-17,19-21H,18H2,1-6H3,(H,34,36). The minimum absolute atomic E-state index is 0.131. The average molecular weight is 497 g/mol. The molecule has 3 aromatic carbocycles. The first-order valence-corrected chi connectivity index (χ1v) is 12.4. The maximum Gasteiger partial charge on any atom is 0.416 e. The van der Waals surface area contributed by atoms with E-state index in [2.05, 4.69) is 46.9 Å². The van der Waals surface area contributed by atoms with Gasteiger partial charge in [0.25, 0.3) is 0 Å². The topological polar surface area (TPSA) is 32.3 Å². The summed E-state index contributed by atoms with van der Waals surface area (Å²) in [5.41, 5.74) is 4.58. The van der Waals surface area contributed by atoms with Crippen LogP contribution in [0.3, 0.4) is 0 Å². The Morgan fingerprint density at radius 2 is 1.31 bits per heavy atom. The SMILES string of the molecule is CC(C)c1ccc(N(Cc2ccc(C(F)(F)F)cc2)C(=O)Nc2c(C(C)C)cccc2C(C)C)cc1. The van der Waals surface area contributed by atoms with E-state index in [1.807, 2.05) is 42.5 Å². The molecule has 192 valence electrons. The summed E-state index contributed by atoms with van der Waals surface area (Å²) < 4.78 is 39.2. The molecule has 0 radical (unpaired) electrons. The number of nitrogens with zero attached hydrogens (tertiary/aromatic N) is 1. The number of rotatable bonds is 7. The normalized spacial score (nSPS) is 11.9. The van der Waals surface area contributed by atoms with Gasteiger partial charge in [-0.05, 0) is 64.3 Å². The van der Waals surface area contributed by atoms with Crippen LogP contribution in [0, 0.1) is 0 Å². The van der Waals surface area contributed by atoms with Crippen molar-refractivity contribution in [3.8, 4) is 0 Å². The molecule has 0 fully saturated rings. The van der Waals surface area contributed by atoms with Crippen molar-refractivity contribution in [2.75, 3.05) is 10.2 Å². The van der Waals surface area contributed by atoms with Crippen LogP contribution >= 0.6 is 0 Å². The number of hydrogen-bond acceptors (Lipinski definition) is 1. The molecule has 0 bridgehead atoms. The maximum atomic E-state index is 13.7. The van der Waals surface area contributed by atoms with Gasteiger partial charge in [0.1, 0.15) is 0 Å². The highest BCUT2D eigenvalue weighted by Gasteiger charge is 2.30. The Kier molecular flexibility index (Phi) is 8.49. The molecule has 6 heteroatoms. The first-order chi connectivity index (χ1) is 16.9. The van der Waals surface area contributed by atoms with E-state index < -0.39 is 11.7 Å². The molecule has 3 aromatic rings. The number of anilines is 2. The molecule has 0 saturated heterocycles. The number of para-hydroxylation sites is 1. The number of alkyl halides is 3. The number of urea groups is 1. The van der Waals surface area contributed by atoms with Gasteiger partial charge >= 0.3 is 12.2 Å². The minimum atomic E-state index is -4.41. The van der Waals surface area contributed by atoms with E-state index in [9.17, 15) is 18.0 Å². The van der Waals surface area contributed by atoms with Crippen LogP contribution in [-0.2, 0) is 12.7 Å². The molecular formula is C30H35F3N2O. The third-order valence-corrected chi connectivity index (χ3v) is 6.34. The summed E-state index contributed by atoms with van der Waals surface area (Å²) in [6, 6.07) is 18.4. The number of hydrogen-bond donors (Lipinski definition) is 1. The van der Waals surface area contributed by atoms with Crippen molar-refractivity contribution in [1.82, 2.24) is 0 Å². The lowest BCUT2D eigenvalue weighted by Crippen LogP contribution is -2.35. The van der Waals surface area contributed by atoms with Crippen LogP contribution in [-0.4, -0.2) is 6.03 Å². The lowest BCUT2D eigenvalue weighted by molar-refractivity contribution is -0.137. The van der Waals surface area contributed by atoms with Crippen LogP contribution in [0.25, 0.3) is 0 Å². The van der Waals surface area contributed by atoms with Gasteiger partial charge in [-0.1, -0.05) is 84.0 Å². The van der Waals surface area contributed by atoms with E-state index in [4.69, 9.17) is 0 Å². The second-order valence-electron chi connectivity index (χ2n) is 10.1. The van der Waals surface area contributed by atoms with E-state index >= 15 is 0 Å². The zero-order valence-electron chi connectivity index (χ0n) is 21.8. The first-order valence-electron chi connectivity index (χ1n) is 12.4. The second-order valence-corrected chi connectivity index (χ2v) is 10.1. The van der Waals surface area contributed by atoms with Crippen molar-refractivity contribution in [1.29, 1.82) is 0 Å². The van der Waals surface area contributed by atoms with E-state index in [1.54, 1.807) is 4.90 Å². The van der Waals surface area contributed by atoms with Crippen LogP contribution in [0.4, 0.5) is 29.3 Å². The number of halogens is 3. The van der Waals surface area contributed by atoms with E-state index in [-0.39, 0.29) is 24.4 Å². The Labute approximate surface area is 212 Å². The monoisotopic (exact) mass is 496 g/mol. The van der Waals surface area contributed by atoms with Crippen molar-refractivity contribution in [3.05, 3.63) is 94.5 Å². The second kappa shape index (κ2) is 11.2. The van der Waals surface area contributed by atoms with Crippen molar-refractivity contribution in [2.24, 2.45) is 0 Å². The third kappa shape index (κ3) is 6.48. The zero-order chi connectivity index (χ0) is 26.6. The molecule has 36 heavy (non-hydrogen) atoms. The summed E-state index contributed by atoms with van der Waals surface area (Å²) >= 11 is 0. The zero-order valence-corrected chi connectivity index (χ0v) is 21.8. The number of nitrogens with one attached hydrogen (secondary N) is 1. The van der Waals surface area contributed by atoms with Gasteiger partial charge < -0.3 is 5.32 Å². The molecular weight excluding hydrogens is 461 g/mol. The molecule has 0 atom stereocenters. The molecule has 2 amide bonds. The molecule has 3 rings (SSSR count). The van der Waals surface area contributed by atoms with Crippen molar-refractivity contribution in [3.63, 3.8) is 0 Å². The van der Waals surface area contributed by atoms with Gasteiger partial charge in [0.2, 0.25) is 0 Å². The summed E-state index contributed by atoms with van der Waals surface area (Å²) in [5, 5.41) is 3.14. The van der Waals surface area contributed by atoms with Gasteiger partial charge in [0.05, 0.1) is 12.1 Å². The lowest BCUT2D eigenvalue weighted by atomic mass is 9.92. The van der Waals surface area contributed by atoms with E-state index in [0.717, 1.165) is 34.5 Å². The van der Waals surface area contributed by atoms with Crippen LogP contribution in [0.15, 0.2) is 66.7 Å². The largest absolute Gasteiger partial charge is 0.416 e. The average Bonchev–Trinajstić information content (AvgIpc) is 2.82. The van der Waals surface area contributed by atoms with Crippen LogP contribution in [0.1, 0.15) is 87.1 Å². The fourth-order valence-corrected chi connectivity index (χ4v) is 4.17. The van der Waals surface area contributed by atoms with Gasteiger partial charge in [-0.2, -0.15) is 13.2 Å². The molecule has 1 N–H and O–H groups in total. The molecule has 0 aliphatic heterocycles. The molecule has 0 spiro atoms. The highest BCUT2D eigenvalue weighted by molar-refractivity contribution is 6.02. The summed E-state index contributed by atoms with van der Waals surface area (Å²) in [6.07, 6.45) is -4.41. The first kappa shape index (κ1) is 27.3. The van der Waals surface area contributed by atoms with Gasteiger partial charge in [0.15, 0.2) is 0 Å².